The summed E-state index contributed by atoms with van der Waals surface area (Å²) in [4.78, 5) is 11.2. The molecule has 20 heavy (non-hydrogen) atoms. The van der Waals surface area contributed by atoms with Crippen molar-refractivity contribution in [2.24, 2.45) is 5.41 Å². The van der Waals surface area contributed by atoms with Crippen LogP contribution in [-0.4, -0.2) is 37.9 Å². The van der Waals surface area contributed by atoms with E-state index in [1.807, 2.05) is 6.92 Å². The van der Waals surface area contributed by atoms with Crippen LogP contribution in [-0.2, 0) is 14.3 Å². The van der Waals surface area contributed by atoms with E-state index in [1.54, 1.807) is 0 Å². The summed E-state index contributed by atoms with van der Waals surface area (Å²) >= 11 is 0. The highest BCUT2D eigenvalue weighted by Crippen LogP contribution is 2.42. The molecule has 2 atom stereocenters. The third-order valence-electron chi connectivity index (χ3n) is 4.30. The molecule has 1 aliphatic rings. The Balaban J connectivity index is 2.01. The molecule has 1 fully saturated rings. The van der Waals surface area contributed by atoms with E-state index in [4.69, 9.17) is 9.47 Å². The van der Waals surface area contributed by atoms with E-state index in [1.165, 1.54) is 0 Å². The molecule has 0 aromatic heterocycles. The standard InChI is InChI=1S/C16H31NO3/c1-5-19-14-12-13(16(14,3)4)17-11-9-7-8-10-15(18)20-6-2/h13-14,17H,5-12H2,1-4H3. The van der Waals surface area contributed by atoms with Crippen molar-refractivity contribution in [3.8, 4) is 0 Å². The molecule has 1 N–H and O–H groups in total. The number of rotatable bonds is 10. The van der Waals surface area contributed by atoms with Crippen LogP contribution in [0.3, 0.4) is 0 Å². The number of unbranched alkanes of at least 4 members (excludes halogenated alkanes) is 2. The molecule has 0 saturated heterocycles. The van der Waals surface area contributed by atoms with Crippen LogP contribution < -0.4 is 5.32 Å². The van der Waals surface area contributed by atoms with Gasteiger partial charge >= 0.3 is 5.97 Å². The molecular formula is C16H31NO3. The zero-order valence-electron chi connectivity index (χ0n) is 13.5. The fourth-order valence-electron chi connectivity index (χ4n) is 2.80. The van der Waals surface area contributed by atoms with E-state index >= 15 is 0 Å². The average molecular weight is 285 g/mol. The second-order valence-corrected chi connectivity index (χ2v) is 6.12. The third kappa shape index (κ3) is 5.06. The molecule has 2 unspecified atom stereocenters. The third-order valence-corrected chi connectivity index (χ3v) is 4.30. The maximum atomic E-state index is 11.2. The fourth-order valence-corrected chi connectivity index (χ4v) is 2.80. The number of nitrogens with one attached hydrogen (secondary N) is 1. The molecule has 1 rings (SSSR count). The van der Waals surface area contributed by atoms with Gasteiger partial charge < -0.3 is 14.8 Å². The van der Waals surface area contributed by atoms with E-state index in [0.717, 1.165) is 38.8 Å². The number of carbonyl (C=O) groups excluding carboxylic acids is 1. The predicted molar refractivity (Wildman–Crippen MR) is 80.7 cm³/mol. The highest BCUT2D eigenvalue weighted by molar-refractivity contribution is 5.69. The molecular weight excluding hydrogens is 254 g/mol. The summed E-state index contributed by atoms with van der Waals surface area (Å²) in [5.74, 6) is -0.0693. The van der Waals surface area contributed by atoms with Crippen molar-refractivity contribution in [1.29, 1.82) is 0 Å². The van der Waals surface area contributed by atoms with E-state index in [9.17, 15) is 4.79 Å². The molecule has 0 amide bonds. The predicted octanol–water partition coefficient (Wildman–Crippen LogP) is 2.90. The Morgan fingerprint density at radius 1 is 1.20 bits per heavy atom. The van der Waals surface area contributed by atoms with Crippen LogP contribution in [0.1, 0.15) is 59.8 Å². The second kappa shape index (κ2) is 8.63. The fraction of sp³-hybridized carbons (Fsp3) is 0.938. The molecule has 1 aliphatic carbocycles. The van der Waals surface area contributed by atoms with Crippen LogP contribution in [0.2, 0.25) is 0 Å². The smallest absolute Gasteiger partial charge is 0.305 e. The summed E-state index contributed by atoms with van der Waals surface area (Å²) in [7, 11) is 0. The lowest BCUT2D eigenvalue weighted by Crippen LogP contribution is -2.61. The molecule has 0 aromatic carbocycles. The summed E-state index contributed by atoms with van der Waals surface area (Å²) in [5.41, 5.74) is 0.237. The maximum absolute atomic E-state index is 11.2. The SMILES string of the molecule is CCOC(=O)CCCCCNC1CC(OCC)C1(C)C. The van der Waals surface area contributed by atoms with Crippen LogP contribution in [0.15, 0.2) is 0 Å². The first-order chi connectivity index (χ1) is 9.52. The van der Waals surface area contributed by atoms with Gasteiger partial charge in [0.2, 0.25) is 0 Å². The summed E-state index contributed by atoms with van der Waals surface area (Å²) < 4.78 is 10.6. The van der Waals surface area contributed by atoms with E-state index in [2.05, 4.69) is 26.1 Å². The van der Waals surface area contributed by atoms with Crippen LogP contribution in [0.25, 0.3) is 0 Å². The number of ether oxygens (including phenoxy) is 2. The van der Waals surface area contributed by atoms with Crippen LogP contribution >= 0.6 is 0 Å². The van der Waals surface area contributed by atoms with Crippen LogP contribution in [0.4, 0.5) is 0 Å². The van der Waals surface area contributed by atoms with Crippen molar-refractivity contribution in [2.75, 3.05) is 19.8 Å². The first-order valence-electron chi connectivity index (χ1n) is 8.03. The summed E-state index contributed by atoms with van der Waals surface area (Å²) in [6, 6.07) is 0.559. The Hall–Kier alpha value is -0.610. The van der Waals surface area contributed by atoms with Crippen molar-refractivity contribution >= 4 is 5.97 Å². The Morgan fingerprint density at radius 3 is 2.55 bits per heavy atom. The molecule has 4 heteroatoms. The number of esters is 1. The maximum Gasteiger partial charge on any atom is 0.305 e. The highest BCUT2D eigenvalue weighted by atomic mass is 16.5. The molecule has 4 nitrogen and oxygen atoms in total. The average Bonchev–Trinajstić information content (AvgIpc) is 2.40. The van der Waals surface area contributed by atoms with Gasteiger partial charge in [-0.15, -0.1) is 0 Å². The van der Waals surface area contributed by atoms with Gasteiger partial charge in [0.25, 0.3) is 0 Å². The lowest BCUT2D eigenvalue weighted by molar-refractivity contribution is -0.143. The minimum Gasteiger partial charge on any atom is -0.466 e. The number of carbonyl (C=O) groups is 1. The molecule has 0 aromatic rings. The normalized spacial score (nSPS) is 24.2. The largest absolute Gasteiger partial charge is 0.466 e. The lowest BCUT2D eigenvalue weighted by atomic mass is 9.64. The Morgan fingerprint density at radius 2 is 1.95 bits per heavy atom. The molecule has 0 bridgehead atoms. The van der Waals surface area contributed by atoms with Gasteiger partial charge in [0, 0.05) is 24.5 Å². The first-order valence-corrected chi connectivity index (χ1v) is 8.03. The Labute approximate surface area is 123 Å². The summed E-state index contributed by atoms with van der Waals surface area (Å²) in [6.07, 6.45) is 5.18. The van der Waals surface area contributed by atoms with Gasteiger partial charge in [-0.2, -0.15) is 0 Å². The summed E-state index contributed by atoms with van der Waals surface area (Å²) in [5, 5.41) is 3.61. The minimum atomic E-state index is -0.0693. The Bertz CT molecular complexity index is 291. The highest BCUT2D eigenvalue weighted by Gasteiger charge is 2.48. The van der Waals surface area contributed by atoms with E-state index < -0.39 is 0 Å². The Kier molecular flexibility index (Phi) is 7.52. The van der Waals surface area contributed by atoms with Crippen molar-refractivity contribution in [2.45, 2.75) is 71.9 Å². The molecule has 0 aliphatic heterocycles. The number of hydrogen-bond donors (Lipinski definition) is 1. The van der Waals surface area contributed by atoms with Gasteiger partial charge in [0.1, 0.15) is 0 Å². The first kappa shape index (κ1) is 17.4. The van der Waals surface area contributed by atoms with Gasteiger partial charge in [-0.05, 0) is 39.7 Å². The minimum absolute atomic E-state index is 0.0693. The second-order valence-electron chi connectivity index (χ2n) is 6.12. The van der Waals surface area contributed by atoms with Gasteiger partial charge in [-0.1, -0.05) is 20.3 Å². The van der Waals surface area contributed by atoms with E-state index in [-0.39, 0.29) is 11.4 Å². The van der Waals surface area contributed by atoms with Crippen LogP contribution in [0, 0.1) is 5.41 Å². The van der Waals surface area contributed by atoms with Crippen molar-refractivity contribution in [3.05, 3.63) is 0 Å². The van der Waals surface area contributed by atoms with Gasteiger partial charge in [0.15, 0.2) is 0 Å². The zero-order chi connectivity index (χ0) is 15.0. The molecule has 1 saturated carbocycles. The molecule has 0 radical (unpaired) electrons. The monoisotopic (exact) mass is 285 g/mol. The number of hydrogen-bond acceptors (Lipinski definition) is 4. The van der Waals surface area contributed by atoms with Crippen LogP contribution in [0.5, 0.6) is 0 Å². The van der Waals surface area contributed by atoms with Crippen molar-refractivity contribution in [3.63, 3.8) is 0 Å². The summed E-state index contributed by atoms with van der Waals surface area (Å²) in [6.45, 7) is 10.8. The van der Waals surface area contributed by atoms with Gasteiger partial charge in [-0.25, -0.2) is 0 Å². The van der Waals surface area contributed by atoms with Gasteiger partial charge in [-0.3, -0.25) is 4.79 Å². The quantitative estimate of drug-likeness (QED) is 0.495. The topological polar surface area (TPSA) is 47.6 Å². The van der Waals surface area contributed by atoms with E-state index in [0.29, 0.717) is 25.2 Å². The molecule has 0 heterocycles. The molecule has 0 spiro atoms. The van der Waals surface area contributed by atoms with Crippen molar-refractivity contribution < 1.29 is 14.3 Å². The lowest BCUT2D eigenvalue weighted by Gasteiger charge is -2.52. The van der Waals surface area contributed by atoms with Gasteiger partial charge in [0.05, 0.1) is 12.7 Å². The van der Waals surface area contributed by atoms with Crippen molar-refractivity contribution in [1.82, 2.24) is 5.32 Å². The zero-order valence-corrected chi connectivity index (χ0v) is 13.5. The molecule has 118 valence electrons.